The zero-order valence-electron chi connectivity index (χ0n) is 26.8. The van der Waals surface area contributed by atoms with E-state index in [1.807, 2.05) is 6.07 Å². The lowest BCUT2D eigenvalue weighted by Crippen LogP contribution is -2.55. The molecule has 8 nitrogen and oxygen atoms in total. The molecule has 2 atom stereocenters. The van der Waals surface area contributed by atoms with Gasteiger partial charge in [-0.25, -0.2) is 13.9 Å². The lowest BCUT2D eigenvalue weighted by Gasteiger charge is -2.38. The molecule has 0 fully saturated rings. The molecule has 250 valence electrons. The van der Waals surface area contributed by atoms with E-state index in [9.17, 15) is 31.9 Å². The van der Waals surface area contributed by atoms with Gasteiger partial charge in [0.2, 0.25) is 0 Å². The summed E-state index contributed by atoms with van der Waals surface area (Å²) in [6.45, 7) is 11.0. The van der Waals surface area contributed by atoms with Crippen LogP contribution in [-0.2, 0) is 26.9 Å². The van der Waals surface area contributed by atoms with Crippen molar-refractivity contribution in [2.24, 2.45) is 0 Å². The van der Waals surface area contributed by atoms with Crippen molar-refractivity contribution < 1.29 is 36.7 Å². The molecule has 12 heteroatoms. The van der Waals surface area contributed by atoms with Crippen molar-refractivity contribution in [2.75, 3.05) is 11.4 Å². The quantitative estimate of drug-likeness (QED) is 0.128. The topological polar surface area (TPSA) is 93.5 Å². The molecule has 0 radical (unpaired) electrons. The van der Waals surface area contributed by atoms with Gasteiger partial charge in [0.05, 0.1) is 16.9 Å². The van der Waals surface area contributed by atoms with Crippen LogP contribution in [0.15, 0.2) is 91.0 Å². The smallest absolute Gasteiger partial charge is 0.416 e. The molecule has 4 aromatic rings. The van der Waals surface area contributed by atoms with Crippen LogP contribution in [0.4, 0.5) is 23.4 Å². The number of carbonyl (C=O) groups excluding carboxylic acids is 3. The molecule has 2 amide bonds. The number of halogens is 4. The molecule has 2 unspecified atom stereocenters. The molecule has 48 heavy (non-hydrogen) atoms. The summed E-state index contributed by atoms with van der Waals surface area (Å²) in [7, 11) is 0. The third kappa shape index (κ3) is 7.02. The Balaban J connectivity index is 1.70. The van der Waals surface area contributed by atoms with Crippen molar-refractivity contribution in [3.05, 3.63) is 125 Å². The van der Waals surface area contributed by atoms with E-state index in [0.717, 1.165) is 12.1 Å². The van der Waals surface area contributed by atoms with Crippen LogP contribution in [0, 0.1) is 5.82 Å². The van der Waals surface area contributed by atoms with E-state index in [2.05, 4.69) is 11.9 Å². The molecule has 1 aromatic heterocycles. The van der Waals surface area contributed by atoms with Crippen molar-refractivity contribution >= 4 is 23.6 Å². The van der Waals surface area contributed by atoms with Gasteiger partial charge in [0.15, 0.2) is 0 Å². The number of ether oxygens (including phenoxy) is 1. The van der Waals surface area contributed by atoms with E-state index < -0.39 is 52.9 Å². The molecule has 0 bridgehead atoms. The standard InChI is InChI=1S/C36H34F4N4O4/c1-6-43-32-29(27(19-21(2)34(47)48-35(3,4)5)42-44(32)26-13-8-7-9-14-26)28(22-15-17-25(37)18-16-22)30(33(43)46)41-31(45)23-11-10-12-24(20-23)36(38,39)40/h7-18,20,28,30H,2,6,19H2,1,3-5H3,(H,41,45). The normalized spacial score (nSPS) is 16.3. The molecule has 5 rings (SSSR count). The first kappa shape index (κ1) is 34.1. The Morgan fingerprint density at radius 2 is 1.65 bits per heavy atom. The number of alkyl halides is 3. The highest BCUT2D eigenvalue weighted by Crippen LogP contribution is 2.44. The first-order valence-electron chi connectivity index (χ1n) is 15.2. The Morgan fingerprint density at radius 1 is 0.979 bits per heavy atom. The molecule has 2 heterocycles. The highest BCUT2D eigenvalue weighted by atomic mass is 19.4. The fourth-order valence-corrected chi connectivity index (χ4v) is 5.67. The van der Waals surface area contributed by atoms with Crippen LogP contribution < -0.4 is 10.2 Å². The van der Waals surface area contributed by atoms with Crippen LogP contribution in [0.2, 0.25) is 0 Å². The molecular weight excluding hydrogens is 628 g/mol. The number of likely N-dealkylation sites (N-methyl/N-ethyl adjacent to an activating group) is 1. The van der Waals surface area contributed by atoms with Gasteiger partial charge >= 0.3 is 12.1 Å². The minimum Gasteiger partial charge on any atom is -0.457 e. The second-order valence-corrected chi connectivity index (χ2v) is 12.4. The maximum Gasteiger partial charge on any atom is 0.416 e. The van der Waals surface area contributed by atoms with Crippen LogP contribution in [0.5, 0.6) is 0 Å². The average Bonchev–Trinajstić information content (AvgIpc) is 3.39. The van der Waals surface area contributed by atoms with Crippen molar-refractivity contribution in [2.45, 2.75) is 57.9 Å². The summed E-state index contributed by atoms with van der Waals surface area (Å²) < 4.78 is 61.8. The van der Waals surface area contributed by atoms with Crippen LogP contribution in [-0.4, -0.2) is 45.8 Å². The van der Waals surface area contributed by atoms with Crippen LogP contribution >= 0.6 is 0 Å². The molecule has 1 aliphatic rings. The number of amides is 2. The molecular formula is C36H34F4N4O4. The molecule has 0 spiro atoms. The fourth-order valence-electron chi connectivity index (χ4n) is 5.67. The minimum absolute atomic E-state index is 0.0767. The Morgan fingerprint density at radius 3 is 2.25 bits per heavy atom. The Kier molecular flexibility index (Phi) is 9.30. The summed E-state index contributed by atoms with van der Waals surface area (Å²) in [5.74, 6) is -3.31. The summed E-state index contributed by atoms with van der Waals surface area (Å²) in [4.78, 5) is 42.4. The average molecular weight is 663 g/mol. The summed E-state index contributed by atoms with van der Waals surface area (Å²) in [5, 5.41) is 7.53. The van der Waals surface area contributed by atoms with E-state index in [1.165, 1.54) is 35.2 Å². The Hall–Kier alpha value is -5.26. The fraction of sp³-hybridized carbons (Fsp3) is 0.278. The number of aromatic nitrogens is 2. The molecule has 0 saturated carbocycles. The number of anilines is 1. The largest absolute Gasteiger partial charge is 0.457 e. The first-order chi connectivity index (χ1) is 22.6. The summed E-state index contributed by atoms with van der Waals surface area (Å²) in [6.07, 6.45) is -4.80. The number of fused-ring (bicyclic) bond motifs is 1. The van der Waals surface area contributed by atoms with Crippen molar-refractivity contribution in [3.8, 4) is 5.69 Å². The van der Waals surface area contributed by atoms with E-state index in [-0.39, 0.29) is 24.1 Å². The van der Waals surface area contributed by atoms with Gasteiger partial charge in [-0.1, -0.05) is 43.0 Å². The third-order valence-electron chi connectivity index (χ3n) is 7.76. The summed E-state index contributed by atoms with van der Waals surface area (Å²) in [5.41, 5.74) is -0.245. The highest BCUT2D eigenvalue weighted by molar-refractivity contribution is 6.05. The van der Waals surface area contributed by atoms with Gasteiger partial charge in [0.1, 0.15) is 23.3 Å². The number of hydrogen-bond acceptors (Lipinski definition) is 5. The van der Waals surface area contributed by atoms with Crippen LogP contribution in [0.1, 0.15) is 66.4 Å². The monoisotopic (exact) mass is 662 g/mol. The number of para-hydroxylation sites is 1. The second-order valence-electron chi connectivity index (χ2n) is 12.4. The van der Waals surface area contributed by atoms with Gasteiger partial charge in [-0.2, -0.15) is 18.3 Å². The summed E-state index contributed by atoms with van der Waals surface area (Å²) in [6, 6.07) is 16.8. The predicted octanol–water partition coefficient (Wildman–Crippen LogP) is 6.77. The molecule has 0 aliphatic carbocycles. The minimum atomic E-state index is -4.70. The van der Waals surface area contributed by atoms with E-state index in [4.69, 9.17) is 9.84 Å². The van der Waals surface area contributed by atoms with Crippen LogP contribution in [0.25, 0.3) is 5.69 Å². The molecule has 1 aliphatic heterocycles. The van der Waals surface area contributed by atoms with Crippen LogP contribution in [0.3, 0.4) is 0 Å². The SMILES string of the molecule is C=C(Cc1nn(-c2ccccc2)c2c1C(c1ccc(F)cc1)C(NC(=O)c1cccc(C(F)(F)F)c1)C(=O)N2CC)C(=O)OC(C)(C)C. The Bertz CT molecular complexity index is 1860. The predicted molar refractivity (Wildman–Crippen MR) is 171 cm³/mol. The van der Waals surface area contributed by atoms with Crippen molar-refractivity contribution in [3.63, 3.8) is 0 Å². The zero-order valence-corrected chi connectivity index (χ0v) is 26.8. The van der Waals surface area contributed by atoms with Crippen molar-refractivity contribution in [1.29, 1.82) is 0 Å². The maximum atomic E-state index is 14.4. The van der Waals surface area contributed by atoms with E-state index >= 15 is 0 Å². The van der Waals surface area contributed by atoms with Gasteiger partial charge in [0, 0.05) is 35.6 Å². The number of nitrogens with one attached hydrogen (secondary N) is 1. The maximum absolute atomic E-state index is 14.4. The number of benzene rings is 3. The number of esters is 1. The number of nitrogens with zero attached hydrogens (tertiary/aromatic N) is 3. The Labute approximate surface area is 275 Å². The number of hydrogen-bond donors (Lipinski definition) is 1. The molecule has 1 N–H and O–H groups in total. The molecule has 3 aromatic carbocycles. The van der Waals surface area contributed by atoms with Gasteiger partial charge in [-0.3, -0.25) is 14.5 Å². The first-order valence-corrected chi connectivity index (χ1v) is 15.2. The number of carbonyl (C=O) groups is 3. The van der Waals surface area contributed by atoms with Gasteiger partial charge in [-0.05, 0) is 75.7 Å². The van der Waals surface area contributed by atoms with Gasteiger partial charge in [0.25, 0.3) is 11.8 Å². The zero-order chi connectivity index (χ0) is 35.0. The lowest BCUT2D eigenvalue weighted by atomic mass is 9.80. The third-order valence-corrected chi connectivity index (χ3v) is 7.76. The van der Waals surface area contributed by atoms with Gasteiger partial charge in [-0.15, -0.1) is 0 Å². The van der Waals surface area contributed by atoms with Gasteiger partial charge < -0.3 is 10.1 Å². The second kappa shape index (κ2) is 13.1. The number of rotatable bonds is 8. The summed E-state index contributed by atoms with van der Waals surface area (Å²) >= 11 is 0. The molecule has 0 saturated heterocycles. The highest BCUT2D eigenvalue weighted by Gasteiger charge is 2.46. The lowest BCUT2D eigenvalue weighted by molar-refractivity contribution is -0.150. The van der Waals surface area contributed by atoms with Crippen molar-refractivity contribution in [1.82, 2.24) is 15.1 Å². The van der Waals surface area contributed by atoms with E-state index in [0.29, 0.717) is 34.4 Å². The van der Waals surface area contributed by atoms with E-state index in [1.54, 1.807) is 56.6 Å².